The van der Waals surface area contributed by atoms with Crippen LogP contribution >= 0.6 is 0 Å². The Morgan fingerprint density at radius 2 is 0.697 bits per heavy atom. The summed E-state index contributed by atoms with van der Waals surface area (Å²) in [7, 11) is 0. The molecule has 2 atom stereocenters. The number of carbonyl (C=O) groups excluding carboxylic acids is 2. The molecule has 6 nitrogen and oxygen atoms in total. The molecule has 3 N–H and O–H groups in total. The summed E-state index contributed by atoms with van der Waals surface area (Å²) in [6.45, 7) is 4.86. The molecule has 0 aromatic rings. The van der Waals surface area contributed by atoms with Crippen molar-refractivity contribution in [2.75, 3.05) is 13.2 Å². The number of hydrogen-bond donors (Lipinski definition) is 3. The van der Waals surface area contributed by atoms with E-state index in [1.165, 1.54) is 231 Å². The Balaban J connectivity index is 3.51. The molecule has 0 aliphatic carbocycles. The number of nitrogens with one attached hydrogen (secondary N) is 1. The fraction of sp³-hybridized carbons (Fsp3) is 0.829. The number of esters is 1. The zero-order valence-corrected chi connectivity index (χ0v) is 50.7. The molecule has 6 heteroatoms. The third-order valence-electron chi connectivity index (χ3n) is 15.3. The minimum absolute atomic E-state index is 0.0276. The van der Waals surface area contributed by atoms with Crippen molar-refractivity contribution < 1.29 is 24.5 Å². The first-order chi connectivity index (χ1) is 37.5. The van der Waals surface area contributed by atoms with Crippen LogP contribution in [0.25, 0.3) is 0 Å². The number of aliphatic hydroxyl groups is 2. The minimum Gasteiger partial charge on any atom is -0.466 e. The predicted molar refractivity (Wildman–Crippen MR) is 333 cm³/mol. The number of unbranched alkanes of at least 4 members (excludes halogenated alkanes) is 44. The van der Waals surface area contributed by atoms with Gasteiger partial charge in [-0.15, -0.1) is 0 Å². The summed E-state index contributed by atoms with van der Waals surface area (Å²) >= 11 is 0. The highest BCUT2D eigenvalue weighted by atomic mass is 16.5. The Bertz CT molecular complexity index is 1320. The van der Waals surface area contributed by atoms with Crippen LogP contribution in [0.4, 0.5) is 0 Å². The summed E-state index contributed by atoms with van der Waals surface area (Å²) in [4.78, 5) is 24.6. The van der Waals surface area contributed by atoms with Crippen LogP contribution < -0.4 is 5.32 Å². The van der Waals surface area contributed by atoms with E-state index in [9.17, 15) is 19.8 Å². The summed E-state index contributed by atoms with van der Waals surface area (Å²) in [5.41, 5.74) is 0. The second-order valence-electron chi connectivity index (χ2n) is 22.8. The molecular formula is C70H129NO5. The molecule has 0 spiro atoms. The van der Waals surface area contributed by atoms with Crippen LogP contribution in [0.15, 0.2) is 60.8 Å². The molecule has 0 bridgehead atoms. The van der Waals surface area contributed by atoms with Gasteiger partial charge in [0.05, 0.1) is 25.4 Å². The van der Waals surface area contributed by atoms with Crippen molar-refractivity contribution >= 4 is 11.9 Å². The smallest absolute Gasteiger partial charge is 0.305 e. The lowest BCUT2D eigenvalue weighted by Crippen LogP contribution is -2.45. The molecule has 444 valence electrons. The van der Waals surface area contributed by atoms with Gasteiger partial charge in [-0.1, -0.05) is 299 Å². The van der Waals surface area contributed by atoms with Gasteiger partial charge in [-0.2, -0.15) is 0 Å². The van der Waals surface area contributed by atoms with Crippen LogP contribution in [-0.2, 0) is 14.3 Å². The average molecular weight is 1060 g/mol. The maximum Gasteiger partial charge on any atom is 0.305 e. The molecule has 0 aliphatic heterocycles. The zero-order valence-electron chi connectivity index (χ0n) is 50.7. The molecule has 2 unspecified atom stereocenters. The zero-order chi connectivity index (χ0) is 55.0. The lowest BCUT2D eigenvalue weighted by molar-refractivity contribution is -0.143. The minimum atomic E-state index is -0.855. The van der Waals surface area contributed by atoms with E-state index < -0.39 is 12.1 Å². The van der Waals surface area contributed by atoms with Crippen LogP contribution in [0.1, 0.15) is 348 Å². The number of amides is 1. The van der Waals surface area contributed by atoms with Crippen molar-refractivity contribution in [3.05, 3.63) is 60.8 Å². The van der Waals surface area contributed by atoms with Crippen molar-refractivity contribution in [2.45, 2.75) is 360 Å². The Morgan fingerprint density at radius 3 is 1.09 bits per heavy atom. The first-order valence-electron chi connectivity index (χ1n) is 33.6. The van der Waals surface area contributed by atoms with E-state index in [2.05, 4.69) is 67.8 Å². The topological polar surface area (TPSA) is 95.9 Å². The highest BCUT2D eigenvalue weighted by molar-refractivity contribution is 5.76. The van der Waals surface area contributed by atoms with Crippen molar-refractivity contribution in [3.63, 3.8) is 0 Å². The second-order valence-corrected chi connectivity index (χ2v) is 22.8. The fourth-order valence-electron chi connectivity index (χ4n) is 10.1. The maximum atomic E-state index is 12.5. The maximum absolute atomic E-state index is 12.5. The Hall–Kier alpha value is -2.44. The van der Waals surface area contributed by atoms with Crippen LogP contribution in [-0.4, -0.2) is 47.4 Å². The normalized spacial score (nSPS) is 12.9. The molecule has 76 heavy (non-hydrogen) atoms. The average Bonchev–Trinajstić information content (AvgIpc) is 3.42. The van der Waals surface area contributed by atoms with E-state index >= 15 is 0 Å². The summed E-state index contributed by atoms with van der Waals surface area (Å²) in [5, 5.41) is 23.2. The molecule has 1 amide bonds. The molecule has 0 aromatic carbocycles. The fourth-order valence-corrected chi connectivity index (χ4v) is 10.1. The van der Waals surface area contributed by atoms with Gasteiger partial charge in [0.15, 0.2) is 0 Å². The van der Waals surface area contributed by atoms with Gasteiger partial charge < -0.3 is 20.3 Å². The van der Waals surface area contributed by atoms with Gasteiger partial charge in [-0.25, -0.2) is 0 Å². The van der Waals surface area contributed by atoms with Crippen molar-refractivity contribution in [2.24, 2.45) is 0 Å². The Morgan fingerprint density at radius 1 is 0.382 bits per heavy atom. The van der Waals surface area contributed by atoms with Crippen molar-refractivity contribution in [1.82, 2.24) is 5.32 Å². The monoisotopic (exact) mass is 1060 g/mol. The van der Waals surface area contributed by atoms with E-state index in [4.69, 9.17) is 4.74 Å². The SMILES string of the molecule is CCCCCC/C=C\C/C=C\CCCCCCCC(=O)OCCCCC/C=C\C=C/CCCCCCCCCCCCC(=O)NC(CO)C(O)/C=C/CCCCCCCCCCCCCCCCCCCCCCCC. The van der Waals surface area contributed by atoms with Gasteiger partial charge in [0.2, 0.25) is 5.91 Å². The van der Waals surface area contributed by atoms with Crippen LogP contribution in [0.2, 0.25) is 0 Å². The van der Waals surface area contributed by atoms with Crippen LogP contribution in [0.3, 0.4) is 0 Å². The first kappa shape index (κ1) is 73.6. The number of aliphatic hydroxyl groups excluding tert-OH is 2. The van der Waals surface area contributed by atoms with Gasteiger partial charge in [0.25, 0.3) is 0 Å². The summed E-state index contributed by atoms with van der Waals surface area (Å²) in [5.74, 6) is -0.104. The van der Waals surface area contributed by atoms with Gasteiger partial charge in [-0.3, -0.25) is 9.59 Å². The largest absolute Gasteiger partial charge is 0.466 e. The van der Waals surface area contributed by atoms with Crippen molar-refractivity contribution in [1.29, 1.82) is 0 Å². The molecule has 0 saturated carbocycles. The Labute approximate surface area is 473 Å². The van der Waals surface area contributed by atoms with E-state index in [1.54, 1.807) is 6.08 Å². The standard InChI is InChI=1S/C70H129NO5/c1-3-5-7-9-11-13-15-17-19-21-22-23-24-25-26-28-31-34-38-42-46-50-54-58-62-68(73)67(66-72)71-69(74)63-59-55-51-47-43-39-35-32-29-27-30-33-37-41-45-49-53-57-61-65-76-70(75)64-60-56-52-48-44-40-36-20-18-16-14-12-10-8-6-4-2/h14,16,20,33,36-37,41,45,58,62,67-68,72-73H,3-13,15,17-19,21-32,34-35,38-40,42-44,46-57,59-61,63-66H2,1-2H3,(H,71,74)/b16-14-,36-20-,37-33-,45-41-,62-58+. The third kappa shape index (κ3) is 60.8. The number of allylic oxidation sites excluding steroid dienone is 9. The molecule has 0 fully saturated rings. The lowest BCUT2D eigenvalue weighted by Gasteiger charge is -2.20. The molecule has 0 saturated heterocycles. The molecule has 0 rings (SSSR count). The van der Waals surface area contributed by atoms with Crippen molar-refractivity contribution in [3.8, 4) is 0 Å². The number of ether oxygens (including phenoxy) is 1. The summed E-state index contributed by atoms with van der Waals surface area (Å²) in [6, 6.07) is -0.639. The lowest BCUT2D eigenvalue weighted by atomic mass is 10.0. The first-order valence-corrected chi connectivity index (χ1v) is 33.6. The van der Waals surface area contributed by atoms with E-state index in [-0.39, 0.29) is 18.5 Å². The van der Waals surface area contributed by atoms with Gasteiger partial charge in [0, 0.05) is 12.8 Å². The molecule has 0 aliphatic rings. The number of rotatable bonds is 62. The molecule has 0 heterocycles. The van der Waals surface area contributed by atoms with E-state index in [1.807, 2.05) is 6.08 Å². The second kappa shape index (κ2) is 65.1. The van der Waals surface area contributed by atoms with E-state index in [0.29, 0.717) is 19.4 Å². The highest BCUT2D eigenvalue weighted by Gasteiger charge is 2.18. The summed E-state index contributed by atoms with van der Waals surface area (Å²) < 4.78 is 5.46. The highest BCUT2D eigenvalue weighted by Crippen LogP contribution is 2.17. The predicted octanol–water partition coefficient (Wildman–Crippen LogP) is 21.5. The molecule has 0 aromatic heterocycles. The van der Waals surface area contributed by atoms with E-state index in [0.717, 1.165) is 89.9 Å². The summed E-state index contributed by atoms with van der Waals surface area (Å²) in [6.07, 6.45) is 85.6. The van der Waals surface area contributed by atoms with Gasteiger partial charge in [0.1, 0.15) is 0 Å². The number of hydrogen-bond acceptors (Lipinski definition) is 5. The van der Waals surface area contributed by atoms with Gasteiger partial charge in [-0.05, 0) is 96.3 Å². The van der Waals surface area contributed by atoms with Crippen LogP contribution in [0.5, 0.6) is 0 Å². The van der Waals surface area contributed by atoms with Crippen LogP contribution in [0, 0.1) is 0 Å². The Kier molecular flexibility index (Phi) is 63.0. The van der Waals surface area contributed by atoms with Gasteiger partial charge >= 0.3 is 5.97 Å². The molecule has 0 radical (unpaired) electrons. The number of carbonyl (C=O) groups is 2. The third-order valence-corrected chi connectivity index (χ3v) is 15.3. The quantitative estimate of drug-likeness (QED) is 0.0244. The molecular weight excluding hydrogens is 935 g/mol.